The highest BCUT2D eigenvalue weighted by molar-refractivity contribution is 7.89. The van der Waals surface area contributed by atoms with Gasteiger partial charge in [0.1, 0.15) is 6.04 Å². The smallest absolute Gasteiger partial charge is 0.321 e. The number of hydrogen-bond donors (Lipinski definition) is 2. The van der Waals surface area contributed by atoms with E-state index in [4.69, 9.17) is 5.11 Å². The van der Waals surface area contributed by atoms with Crippen molar-refractivity contribution in [3.8, 4) is 0 Å². The largest absolute Gasteiger partial charge is 0.480 e. The second kappa shape index (κ2) is 5.64. The number of carboxylic acid groups (broad SMARTS) is 1. The minimum atomic E-state index is -3.53. The number of rotatable bonds is 7. The van der Waals surface area contributed by atoms with Crippen LogP contribution in [0.5, 0.6) is 0 Å². The fourth-order valence-corrected chi connectivity index (χ4v) is 5.77. The molecule has 5 nitrogen and oxygen atoms in total. The fraction of sp³-hybridized carbons (Fsp3) is 0.929. The molecular weight excluding hydrogens is 278 g/mol. The third-order valence-electron chi connectivity index (χ3n) is 4.71. The molecule has 2 bridgehead atoms. The van der Waals surface area contributed by atoms with E-state index in [1.807, 2.05) is 13.8 Å². The minimum Gasteiger partial charge on any atom is -0.480 e. The second-order valence-corrected chi connectivity index (χ2v) is 8.80. The highest BCUT2D eigenvalue weighted by Gasteiger charge is 2.47. The maximum atomic E-state index is 12.3. The normalized spacial score (nSPS) is 30.9. The first-order valence-electron chi connectivity index (χ1n) is 7.44. The van der Waals surface area contributed by atoms with Gasteiger partial charge >= 0.3 is 5.97 Å². The van der Waals surface area contributed by atoms with Crippen LogP contribution in [-0.4, -0.2) is 31.3 Å². The Hall–Kier alpha value is -0.620. The molecule has 0 aliphatic heterocycles. The highest BCUT2D eigenvalue weighted by atomic mass is 32.2. The van der Waals surface area contributed by atoms with Crippen LogP contribution >= 0.6 is 0 Å². The molecule has 0 heterocycles. The molecule has 2 fully saturated rings. The van der Waals surface area contributed by atoms with Crippen molar-refractivity contribution >= 4 is 16.0 Å². The van der Waals surface area contributed by atoms with E-state index in [2.05, 4.69) is 4.72 Å². The SMILES string of the molecule is CC(C)C[C@@H](NS(=O)(=O)CC12CCC(CC1)C2)C(=O)O. The summed E-state index contributed by atoms with van der Waals surface area (Å²) in [5.41, 5.74) is -0.0859. The molecule has 2 aliphatic rings. The van der Waals surface area contributed by atoms with Gasteiger partial charge in [-0.15, -0.1) is 0 Å². The molecule has 0 radical (unpaired) electrons. The van der Waals surface area contributed by atoms with E-state index in [9.17, 15) is 13.2 Å². The van der Waals surface area contributed by atoms with E-state index in [1.165, 1.54) is 0 Å². The summed E-state index contributed by atoms with van der Waals surface area (Å²) in [4.78, 5) is 11.2. The third-order valence-corrected chi connectivity index (χ3v) is 6.35. The van der Waals surface area contributed by atoms with Crippen LogP contribution in [0, 0.1) is 17.3 Å². The summed E-state index contributed by atoms with van der Waals surface area (Å²) in [5.74, 6) is -0.163. The highest BCUT2D eigenvalue weighted by Crippen LogP contribution is 2.54. The van der Waals surface area contributed by atoms with E-state index >= 15 is 0 Å². The first kappa shape index (κ1) is 15.8. The molecular formula is C14H25NO4S. The molecule has 2 saturated carbocycles. The van der Waals surface area contributed by atoms with Crippen LogP contribution in [0.2, 0.25) is 0 Å². The van der Waals surface area contributed by atoms with E-state index in [-0.39, 0.29) is 17.1 Å². The predicted octanol–water partition coefficient (Wildman–Crippen LogP) is 1.99. The Balaban J connectivity index is 2.00. The summed E-state index contributed by atoms with van der Waals surface area (Å²) in [6.07, 6.45) is 5.52. The molecule has 0 aromatic rings. The molecule has 2 N–H and O–H groups in total. The van der Waals surface area contributed by atoms with Crippen molar-refractivity contribution in [2.75, 3.05) is 5.75 Å². The molecule has 0 aromatic heterocycles. The van der Waals surface area contributed by atoms with E-state index in [0.717, 1.165) is 32.1 Å². The van der Waals surface area contributed by atoms with Crippen LogP contribution in [0.15, 0.2) is 0 Å². The predicted molar refractivity (Wildman–Crippen MR) is 76.8 cm³/mol. The van der Waals surface area contributed by atoms with Crippen molar-refractivity contribution in [1.29, 1.82) is 0 Å². The number of carbonyl (C=O) groups is 1. The molecule has 2 aliphatic carbocycles. The summed E-state index contributed by atoms with van der Waals surface area (Å²) in [6, 6.07) is -1.00. The van der Waals surface area contributed by atoms with Crippen LogP contribution in [0.25, 0.3) is 0 Å². The first-order chi connectivity index (χ1) is 9.21. The van der Waals surface area contributed by atoms with Gasteiger partial charge in [-0.2, -0.15) is 0 Å². The summed E-state index contributed by atoms with van der Waals surface area (Å²) < 4.78 is 27.0. The standard InChI is InChI=1S/C14H25NO4S/c1-10(2)7-12(13(16)17)15-20(18,19)9-14-5-3-11(8-14)4-6-14/h10-12,15H,3-9H2,1-2H3,(H,16,17)/t11?,12-,14?/m1/s1. The summed E-state index contributed by atoms with van der Waals surface area (Å²) in [7, 11) is -3.53. The summed E-state index contributed by atoms with van der Waals surface area (Å²) >= 11 is 0. The van der Waals surface area contributed by atoms with E-state index < -0.39 is 22.0 Å². The Bertz CT molecular complexity index is 464. The number of carboxylic acids is 1. The van der Waals surface area contributed by atoms with Crippen LogP contribution in [-0.2, 0) is 14.8 Å². The minimum absolute atomic E-state index is 0.0859. The lowest BCUT2D eigenvalue weighted by Crippen LogP contribution is -2.45. The molecule has 20 heavy (non-hydrogen) atoms. The average Bonchev–Trinajstić information content (AvgIpc) is 2.85. The fourth-order valence-electron chi connectivity index (χ4n) is 3.85. The van der Waals surface area contributed by atoms with E-state index in [0.29, 0.717) is 12.3 Å². The van der Waals surface area contributed by atoms with Crippen molar-refractivity contribution in [3.63, 3.8) is 0 Å². The van der Waals surface area contributed by atoms with Gasteiger partial charge in [0.2, 0.25) is 10.0 Å². The maximum absolute atomic E-state index is 12.3. The van der Waals surface area contributed by atoms with Gasteiger partial charge < -0.3 is 5.11 Å². The number of aliphatic carboxylic acids is 1. The lowest BCUT2D eigenvalue weighted by Gasteiger charge is -2.27. The molecule has 0 spiro atoms. The Morgan fingerprint density at radius 3 is 2.35 bits per heavy atom. The van der Waals surface area contributed by atoms with Crippen LogP contribution in [0.1, 0.15) is 52.4 Å². The monoisotopic (exact) mass is 303 g/mol. The molecule has 0 saturated heterocycles. The molecule has 6 heteroatoms. The number of sulfonamides is 1. The molecule has 0 unspecified atom stereocenters. The molecule has 0 amide bonds. The Morgan fingerprint density at radius 1 is 1.35 bits per heavy atom. The van der Waals surface area contributed by atoms with Gasteiger partial charge in [0.15, 0.2) is 0 Å². The van der Waals surface area contributed by atoms with Gasteiger partial charge in [-0.05, 0) is 55.8 Å². The molecule has 2 rings (SSSR count). The zero-order valence-electron chi connectivity index (χ0n) is 12.3. The quantitative estimate of drug-likeness (QED) is 0.753. The van der Waals surface area contributed by atoms with Crippen LogP contribution in [0.4, 0.5) is 0 Å². The van der Waals surface area contributed by atoms with Crippen molar-refractivity contribution in [1.82, 2.24) is 4.72 Å². The number of hydrogen-bond acceptors (Lipinski definition) is 3. The van der Waals surface area contributed by atoms with Gasteiger partial charge in [0, 0.05) is 0 Å². The Morgan fingerprint density at radius 2 is 1.95 bits per heavy atom. The van der Waals surface area contributed by atoms with Gasteiger partial charge in [0.25, 0.3) is 0 Å². The Kier molecular flexibility index (Phi) is 4.44. The first-order valence-corrected chi connectivity index (χ1v) is 9.09. The summed E-state index contributed by atoms with van der Waals surface area (Å²) in [6.45, 7) is 3.78. The molecule has 116 valence electrons. The lowest BCUT2D eigenvalue weighted by atomic mass is 9.87. The van der Waals surface area contributed by atoms with Gasteiger partial charge in [-0.25, -0.2) is 13.1 Å². The van der Waals surface area contributed by atoms with Crippen molar-refractivity contribution in [2.45, 2.75) is 58.4 Å². The van der Waals surface area contributed by atoms with Gasteiger partial charge in [-0.1, -0.05) is 13.8 Å². The van der Waals surface area contributed by atoms with Crippen molar-refractivity contribution in [3.05, 3.63) is 0 Å². The molecule has 0 aromatic carbocycles. The second-order valence-electron chi connectivity index (χ2n) is 7.04. The molecule has 1 atom stereocenters. The van der Waals surface area contributed by atoms with Crippen LogP contribution < -0.4 is 4.72 Å². The zero-order valence-corrected chi connectivity index (χ0v) is 13.1. The lowest BCUT2D eigenvalue weighted by molar-refractivity contribution is -0.139. The number of nitrogens with one attached hydrogen (secondary N) is 1. The number of fused-ring (bicyclic) bond motifs is 2. The van der Waals surface area contributed by atoms with Gasteiger partial charge in [-0.3, -0.25) is 4.79 Å². The zero-order chi connectivity index (χ0) is 15.0. The van der Waals surface area contributed by atoms with E-state index in [1.54, 1.807) is 0 Å². The van der Waals surface area contributed by atoms with Crippen molar-refractivity contribution in [2.24, 2.45) is 17.3 Å². The van der Waals surface area contributed by atoms with Crippen molar-refractivity contribution < 1.29 is 18.3 Å². The van der Waals surface area contributed by atoms with Crippen LogP contribution in [0.3, 0.4) is 0 Å². The Labute approximate surface area is 121 Å². The average molecular weight is 303 g/mol. The van der Waals surface area contributed by atoms with Gasteiger partial charge in [0.05, 0.1) is 5.75 Å². The third kappa shape index (κ3) is 3.73. The summed E-state index contributed by atoms with van der Waals surface area (Å²) in [5, 5.41) is 9.15. The maximum Gasteiger partial charge on any atom is 0.321 e. The topological polar surface area (TPSA) is 83.5 Å².